The van der Waals surface area contributed by atoms with Crippen LogP contribution in [0.1, 0.15) is 41.2 Å². The predicted molar refractivity (Wildman–Crippen MR) is 153 cm³/mol. The van der Waals surface area contributed by atoms with E-state index < -0.39 is 29.3 Å². The van der Waals surface area contributed by atoms with Crippen LogP contribution >= 0.6 is 11.8 Å². The molecule has 1 unspecified atom stereocenters. The minimum atomic E-state index is -1.26. The third kappa shape index (κ3) is 5.82. The van der Waals surface area contributed by atoms with Gasteiger partial charge >= 0.3 is 5.97 Å². The maximum absolute atomic E-state index is 12.5. The highest BCUT2D eigenvalue weighted by atomic mass is 32.2. The number of hydrogen-bond acceptors (Lipinski definition) is 8. The molecule has 0 radical (unpaired) electrons. The van der Waals surface area contributed by atoms with E-state index in [1.165, 1.54) is 13.2 Å². The summed E-state index contributed by atoms with van der Waals surface area (Å²) >= 11 is 0.701. The Labute approximate surface area is 237 Å². The van der Waals surface area contributed by atoms with Crippen LogP contribution in [-0.2, 0) is 16.0 Å². The fourth-order valence-electron chi connectivity index (χ4n) is 4.79. The summed E-state index contributed by atoms with van der Waals surface area (Å²) in [4.78, 5) is 36.3. The highest BCUT2D eigenvalue weighted by Crippen LogP contribution is 2.44. The molecule has 2 aromatic rings. The van der Waals surface area contributed by atoms with Crippen LogP contribution in [0.3, 0.4) is 0 Å². The van der Waals surface area contributed by atoms with E-state index in [1.807, 2.05) is 20.8 Å². The first-order chi connectivity index (χ1) is 19.0. The molecule has 212 valence electrons. The van der Waals surface area contributed by atoms with Crippen LogP contribution in [0.4, 0.5) is 4.79 Å². The number of nitrogens with zero attached hydrogens (tertiary/aromatic N) is 1. The minimum Gasteiger partial charge on any atom is -0.493 e. The number of ether oxygens (including phenoxy) is 4. The van der Waals surface area contributed by atoms with Crippen LogP contribution in [-0.4, -0.2) is 59.6 Å². The molecule has 2 aliphatic heterocycles. The van der Waals surface area contributed by atoms with Crippen LogP contribution in [0.25, 0.3) is 6.08 Å². The average Bonchev–Trinajstić information content (AvgIpc) is 3.17. The van der Waals surface area contributed by atoms with Crippen LogP contribution < -0.4 is 18.9 Å². The lowest BCUT2D eigenvalue weighted by Crippen LogP contribution is -2.42. The SMILES string of the molecule is C=CCOc1c(C)c(C)c2c(c1C)CCC(C)(COc1ccc(C=C3SC(=O)N(CC(=O)O)C3=O)cc1OC)O2. The van der Waals surface area contributed by atoms with Gasteiger partial charge in [-0.05, 0) is 92.8 Å². The molecular formula is C30H33NO8S. The number of hydrogen-bond donors (Lipinski definition) is 1. The molecule has 2 heterocycles. The average molecular weight is 568 g/mol. The molecule has 40 heavy (non-hydrogen) atoms. The standard InChI is InChI=1S/C30H33NO8S/c1-7-12-37-26-17(2)18(3)27-21(19(26)4)10-11-30(5,39-27)16-38-22-9-8-20(13-23(22)36-6)14-24-28(34)31(15-25(32)33)29(35)40-24/h7-9,13-14H,1,10-12,15-16H2,2-6H3,(H,32,33). The molecular weight excluding hydrogens is 534 g/mol. The number of carboxylic acid groups (broad SMARTS) is 1. The quantitative estimate of drug-likeness (QED) is 0.295. The molecule has 1 fully saturated rings. The van der Waals surface area contributed by atoms with E-state index in [-0.39, 0.29) is 11.5 Å². The predicted octanol–water partition coefficient (Wildman–Crippen LogP) is 5.47. The Bertz CT molecular complexity index is 1420. The summed E-state index contributed by atoms with van der Waals surface area (Å²) in [6.07, 6.45) is 4.83. The lowest BCUT2D eigenvalue weighted by molar-refractivity contribution is -0.140. The summed E-state index contributed by atoms with van der Waals surface area (Å²) in [6, 6.07) is 5.17. The van der Waals surface area contributed by atoms with E-state index in [4.69, 9.17) is 24.1 Å². The number of carbonyl (C=O) groups is 3. The maximum Gasteiger partial charge on any atom is 0.323 e. The lowest BCUT2D eigenvalue weighted by atomic mass is 9.87. The number of benzene rings is 2. The number of carbonyl (C=O) groups excluding carboxylic acids is 2. The van der Waals surface area contributed by atoms with Crippen molar-refractivity contribution in [3.05, 3.63) is 63.6 Å². The summed E-state index contributed by atoms with van der Waals surface area (Å²) in [5.41, 5.74) is 4.35. The van der Waals surface area contributed by atoms with E-state index in [1.54, 1.807) is 24.3 Å². The number of rotatable bonds is 10. The second-order valence-corrected chi connectivity index (χ2v) is 11.0. The van der Waals surface area contributed by atoms with Gasteiger partial charge in [0, 0.05) is 5.56 Å². The van der Waals surface area contributed by atoms with Gasteiger partial charge in [0.15, 0.2) is 11.5 Å². The summed E-state index contributed by atoms with van der Waals surface area (Å²) in [7, 11) is 1.52. The van der Waals surface area contributed by atoms with E-state index in [0.29, 0.717) is 40.3 Å². The summed E-state index contributed by atoms with van der Waals surface area (Å²) in [5, 5.41) is 8.33. The van der Waals surface area contributed by atoms with Crippen molar-refractivity contribution in [2.75, 3.05) is 26.9 Å². The molecule has 0 saturated carbocycles. The number of amides is 2. The molecule has 1 atom stereocenters. The zero-order valence-corrected chi connectivity index (χ0v) is 24.1. The van der Waals surface area contributed by atoms with Gasteiger partial charge in [-0.2, -0.15) is 0 Å². The van der Waals surface area contributed by atoms with Crippen molar-refractivity contribution in [3.63, 3.8) is 0 Å². The van der Waals surface area contributed by atoms with Gasteiger partial charge in [0.25, 0.3) is 11.1 Å². The Morgan fingerprint density at radius 3 is 2.60 bits per heavy atom. The molecule has 0 bridgehead atoms. The normalized spacial score (nSPS) is 19.3. The van der Waals surface area contributed by atoms with Crippen LogP contribution in [0.15, 0.2) is 35.8 Å². The molecule has 2 aliphatic rings. The van der Waals surface area contributed by atoms with Gasteiger partial charge in [-0.25, -0.2) is 0 Å². The van der Waals surface area contributed by atoms with Crippen LogP contribution in [0.5, 0.6) is 23.0 Å². The van der Waals surface area contributed by atoms with Gasteiger partial charge in [0.05, 0.1) is 12.0 Å². The highest BCUT2D eigenvalue weighted by molar-refractivity contribution is 8.18. The summed E-state index contributed by atoms with van der Waals surface area (Å²) < 4.78 is 24.2. The number of thioether (sulfide) groups is 1. The summed E-state index contributed by atoms with van der Waals surface area (Å²) in [5.74, 6) is 0.818. The molecule has 4 rings (SSSR count). The van der Waals surface area contributed by atoms with Gasteiger partial charge in [0.1, 0.15) is 36.9 Å². The van der Waals surface area contributed by atoms with E-state index >= 15 is 0 Å². The van der Waals surface area contributed by atoms with Gasteiger partial charge in [-0.15, -0.1) is 0 Å². The molecule has 9 nitrogen and oxygen atoms in total. The smallest absolute Gasteiger partial charge is 0.323 e. The zero-order chi connectivity index (χ0) is 29.2. The Balaban J connectivity index is 1.50. The zero-order valence-electron chi connectivity index (χ0n) is 23.3. The third-order valence-electron chi connectivity index (χ3n) is 7.09. The van der Waals surface area contributed by atoms with Crippen molar-refractivity contribution in [1.29, 1.82) is 0 Å². The van der Waals surface area contributed by atoms with E-state index in [9.17, 15) is 14.4 Å². The second kappa shape index (κ2) is 11.7. The molecule has 0 spiro atoms. The van der Waals surface area contributed by atoms with Crippen molar-refractivity contribution >= 4 is 35.0 Å². The molecule has 2 aromatic carbocycles. The van der Waals surface area contributed by atoms with Crippen molar-refractivity contribution in [3.8, 4) is 23.0 Å². The number of carboxylic acids is 1. The number of fused-ring (bicyclic) bond motifs is 1. The fraction of sp³-hybridized carbons (Fsp3) is 0.367. The fourth-order valence-corrected chi connectivity index (χ4v) is 5.63. The largest absolute Gasteiger partial charge is 0.493 e. The topological polar surface area (TPSA) is 112 Å². The molecule has 1 N–H and O–H groups in total. The first-order valence-corrected chi connectivity index (χ1v) is 13.6. The Morgan fingerprint density at radius 2 is 1.93 bits per heavy atom. The summed E-state index contributed by atoms with van der Waals surface area (Å²) in [6.45, 7) is 12.0. The van der Waals surface area contributed by atoms with Crippen molar-refractivity contribution in [1.82, 2.24) is 4.90 Å². The Kier molecular flexibility index (Phi) is 8.48. The Hall–Kier alpha value is -3.92. The molecule has 0 aliphatic carbocycles. The molecule has 1 saturated heterocycles. The van der Waals surface area contributed by atoms with Gasteiger partial charge in [-0.3, -0.25) is 19.3 Å². The van der Waals surface area contributed by atoms with E-state index in [0.717, 1.165) is 46.6 Å². The minimum absolute atomic E-state index is 0.141. The van der Waals surface area contributed by atoms with Crippen molar-refractivity contribution < 1.29 is 38.4 Å². The molecule has 10 heteroatoms. The molecule has 2 amide bonds. The molecule has 0 aromatic heterocycles. The number of aliphatic carboxylic acids is 1. The van der Waals surface area contributed by atoms with E-state index in [2.05, 4.69) is 13.5 Å². The van der Waals surface area contributed by atoms with Gasteiger partial charge in [-0.1, -0.05) is 18.7 Å². The van der Waals surface area contributed by atoms with Gasteiger partial charge in [0.2, 0.25) is 0 Å². The number of imide groups is 1. The third-order valence-corrected chi connectivity index (χ3v) is 8.00. The lowest BCUT2D eigenvalue weighted by Gasteiger charge is -2.38. The van der Waals surface area contributed by atoms with Crippen molar-refractivity contribution in [2.24, 2.45) is 0 Å². The monoisotopic (exact) mass is 567 g/mol. The van der Waals surface area contributed by atoms with Gasteiger partial charge < -0.3 is 24.1 Å². The van der Waals surface area contributed by atoms with Crippen LogP contribution in [0, 0.1) is 20.8 Å². The van der Waals surface area contributed by atoms with Crippen molar-refractivity contribution in [2.45, 2.75) is 46.1 Å². The first kappa shape index (κ1) is 29.1. The maximum atomic E-state index is 12.5. The van der Waals surface area contributed by atoms with Crippen LogP contribution in [0.2, 0.25) is 0 Å². The highest BCUT2D eigenvalue weighted by Gasteiger charge is 2.37. The number of methoxy groups -OCH3 is 1. The first-order valence-electron chi connectivity index (χ1n) is 12.8. The second-order valence-electron chi connectivity index (χ2n) is 10.0. The Morgan fingerprint density at radius 1 is 1.18 bits per heavy atom.